The van der Waals surface area contributed by atoms with Crippen LogP contribution in [0.25, 0.3) is 0 Å². The van der Waals surface area contributed by atoms with Crippen LogP contribution in [0.2, 0.25) is 0 Å². The zero-order valence-electron chi connectivity index (χ0n) is 9.54. The third kappa shape index (κ3) is 3.01. The first-order valence-electron chi connectivity index (χ1n) is 5.62. The molecule has 1 aromatic rings. The summed E-state index contributed by atoms with van der Waals surface area (Å²) in [5.41, 5.74) is 7.87. The summed E-state index contributed by atoms with van der Waals surface area (Å²) in [6, 6.07) is 6.15. The lowest BCUT2D eigenvalue weighted by molar-refractivity contribution is 0.399. The fraction of sp³-hybridized carbons (Fsp3) is 0.500. The number of halogens is 1. The van der Waals surface area contributed by atoms with Crippen molar-refractivity contribution in [3.63, 3.8) is 0 Å². The molecule has 1 unspecified atom stereocenters. The second kappa shape index (κ2) is 5.23. The van der Waals surface area contributed by atoms with Gasteiger partial charge in [0.2, 0.25) is 0 Å². The fourth-order valence-electron chi connectivity index (χ4n) is 2.14. The van der Waals surface area contributed by atoms with E-state index in [0.717, 1.165) is 23.8 Å². The number of hydrogen-bond acceptors (Lipinski definition) is 3. The Kier molecular flexibility index (Phi) is 3.91. The van der Waals surface area contributed by atoms with Crippen molar-refractivity contribution in [3.05, 3.63) is 21.8 Å². The maximum absolute atomic E-state index is 5.96. The lowest BCUT2D eigenvalue weighted by atomic mass is 10.1. The highest BCUT2D eigenvalue weighted by Gasteiger charge is 2.18. The Morgan fingerprint density at radius 3 is 3.00 bits per heavy atom. The van der Waals surface area contributed by atoms with Crippen molar-refractivity contribution >= 4 is 34.0 Å². The number of anilines is 2. The summed E-state index contributed by atoms with van der Waals surface area (Å²) in [6.07, 6.45) is 1.29. The van der Waals surface area contributed by atoms with Crippen molar-refractivity contribution in [1.29, 1.82) is 0 Å². The van der Waals surface area contributed by atoms with Crippen LogP contribution in [0.3, 0.4) is 0 Å². The van der Waals surface area contributed by atoms with Gasteiger partial charge in [0.25, 0.3) is 0 Å². The molecule has 2 rings (SSSR count). The maximum atomic E-state index is 5.96. The van der Waals surface area contributed by atoms with Gasteiger partial charge in [0.05, 0.1) is 11.4 Å². The van der Waals surface area contributed by atoms with Gasteiger partial charge in [0, 0.05) is 16.7 Å². The highest BCUT2D eigenvalue weighted by Crippen LogP contribution is 2.22. The molecule has 88 valence electrons. The second-order valence-electron chi connectivity index (χ2n) is 4.53. The Balaban J connectivity index is 1.89. The minimum Gasteiger partial charge on any atom is -0.397 e. The van der Waals surface area contributed by atoms with Crippen LogP contribution in [0.1, 0.15) is 6.42 Å². The molecule has 4 heteroatoms. The van der Waals surface area contributed by atoms with Crippen molar-refractivity contribution in [3.8, 4) is 0 Å². The molecule has 1 heterocycles. The third-order valence-electron chi connectivity index (χ3n) is 3.08. The molecule has 1 aliphatic heterocycles. The van der Waals surface area contributed by atoms with E-state index in [-0.39, 0.29) is 0 Å². The van der Waals surface area contributed by atoms with Crippen molar-refractivity contribution in [1.82, 2.24) is 4.90 Å². The molecule has 0 amide bonds. The number of nitrogens with one attached hydrogen (secondary N) is 1. The van der Waals surface area contributed by atoms with E-state index in [4.69, 9.17) is 5.73 Å². The van der Waals surface area contributed by atoms with Gasteiger partial charge in [-0.25, -0.2) is 0 Å². The van der Waals surface area contributed by atoms with Crippen LogP contribution < -0.4 is 11.1 Å². The van der Waals surface area contributed by atoms with Crippen LogP contribution >= 0.6 is 22.6 Å². The van der Waals surface area contributed by atoms with Gasteiger partial charge < -0.3 is 16.0 Å². The predicted octanol–water partition coefficient (Wildman–Crippen LogP) is 2.24. The van der Waals surface area contributed by atoms with Crippen molar-refractivity contribution < 1.29 is 0 Å². The molecular formula is C12H18IN3. The molecule has 1 aliphatic rings. The number of hydrogen-bond donors (Lipinski definition) is 2. The third-order valence-corrected chi connectivity index (χ3v) is 3.75. The Morgan fingerprint density at radius 1 is 1.56 bits per heavy atom. The average molecular weight is 331 g/mol. The van der Waals surface area contributed by atoms with Crippen LogP contribution in [-0.2, 0) is 0 Å². The molecule has 1 saturated heterocycles. The van der Waals surface area contributed by atoms with Gasteiger partial charge in [-0.15, -0.1) is 0 Å². The van der Waals surface area contributed by atoms with Crippen LogP contribution in [0, 0.1) is 9.49 Å². The largest absolute Gasteiger partial charge is 0.397 e. The molecule has 1 fully saturated rings. The van der Waals surface area contributed by atoms with Gasteiger partial charge in [-0.3, -0.25) is 0 Å². The number of benzene rings is 1. The molecule has 3 nitrogen and oxygen atoms in total. The van der Waals surface area contributed by atoms with E-state index in [2.05, 4.69) is 52.0 Å². The molecular weight excluding hydrogens is 313 g/mol. The number of nitrogen functional groups attached to an aromatic ring is 1. The Hall–Kier alpha value is -0.490. The second-order valence-corrected chi connectivity index (χ2v) is 5.78. The van der Waals surface area contributed by atoms with E-state index < -0.39 is 0 Å². The number of likely N-dealkylation sites (tertiary alicyclic amines) is 1. The van der Waals surface area contributed by atoms with Gasteiger partial charge in [0.1, 0.15) is 0 Å². The summed E-state index contributed by atoms with van der Waals surface area (Å²) >= 11 is 2.28. The average Bonchev–Trinajstić information content (AvgIpc) is 2.63. The molecule has 0 spiro atoms. The Labute approximate surface area is 111 Å². The number of nitrogens with two attached hydrogens (primary N) is 1. The molecule has 0 aromatic heterocycles. The summed E-state index contributed by atoms with van der Waals surface area (Å²) in [4.78, 5) is 2.38. The normalized spacial score (nSPS) is 21.2. The highest BCUT2D eigenvalue weighted by molar-refractivity contribution is 14.1. The van der Waals surface area contributed by atoms with E-state index in [1.165, 1.54) is 23.1 Å². The monoisotopic (exact) mass is 331 g/mol. The zero-order valence-corrected chi connectivity index (χ0v) is 11.7. The maximum Gasteiger partial charge on any atom is 0.0574 e. The van der Waals surface area contributed by atoms with E-state index in [9.17, 15) is 0 Å². The smallest absolute Gasteiger partial charge is 0.0574 e. The van der Waals surface area contributed by atoms with Crippen LogP contribution in [0.5, 0.6) is 0 Å². The standard InChI is InChI=1S/C12H18IN3/c1-16-5-4-9(8-16)7-15-12-3-2-10(13)6-11(12)14/h2-3,6,9,15H,4-5,7-8,14H2,1H3. The van der Waals surface area contributed by atoms with Gasteiger partial charge in [0.15, 0.2) is 0 Å². The van der Waals surface area contributed by atoms with Crippen molar-refractivity contribution in [2.24, 2.45) is 5.92 Å². The quantitative estimate of drug-likeness (QED) is 0.659. The molecule has 1 aromatic carbocycles. The van der Waals surface area contributed by atoms with Crippen LogP contribution in [-0.4, -0.2) is 31.6 Å². The van der Waals surface area contributed by atoms with Gasteiger partial charge in [-0.05, 0) is 66.7 Å². The van der Waals surface area contributed by atoms with E-state index in [1.54, 1.807) is 0 Å². The SMILES string of the molecule is CN1CCC(CNc2ccc(I)cc2N)C1. The highest BCUT2D eigenvalue weighted by atomic mass is 127. The molecule has 0 saturated carbocycles. The van der Waals surface area contributed by atoms with E-state index >= 15 is 0 Å². The lowest BCUT2D eigenvalue weighted by Gasteiger charge is -2.14. The minimum atomic E-state index is 0.753. The molecule has 3 N–H and O–H groups in total. The summed E-state index contributed by atoms with van der Waals surface area (Å²) in [5, 5.41) is 3.45. The lowest BCUT2D eigenvalue weighted by Crippen LogP contribution is -2.19. The first kappa shape index (κ1) is 12.0. The van der Waals surface area contributed by atoms with Crippen LogP contribution in [0.4, 0.5) is 11.4 Å². The molecule has 1 atom stereocenters. The fourth-order valence-corrected chi connectivity index (χ4v) is 2.66. The predicted molar refractivity (Wildman–Crippen MR) is 77.7 cm³/mol. The topological polar surface area (TPSA) is 41.3 Å². The molecule has 0 aliphatic carbocycles. The van der Waals surface area contributed by atoms with Gasteiger partial charge >= 0.3 is 0 Å². The van der Waals surface area contributed by atoms with E-state index in [0.29, 0.717) is 0 Å². The van der Waals surface area contributed by atoms with E-state index in [1.807, 2.05) is 6.07 Å². The number of rotatable bonds is 3. The minimum absolute atomic E-state index is 0.753. The summed E-state index contributed by atoms with van der Waals surface area (Å²) < 4.78 is 1.18. The molecule has 0 bridgehead atoms. The first-order chi connectivity index (χ1) is 7.65. The Morgan fingerprint density at radius 2 is 2.38 bits per heavy atom. The van der Waals surface area contributed by atoms with Gasteiger partial charge in [-0.2, -0.15) is 0 Å². The summed E-state index contributed by atoms with van der Waals surface area (Å²) in [6.45, 7) is 3.43. The van der Waals surface area contributed by atoms with Crippen molar-refractivity contribution in [2.45, 2.75) is 6.42 Å². The van der Waals surface area contributed by atoms with Crippen molar-refractivity contribution in [2.75, 3.05) is 37.7 Å². The zero-order chi connectivity index (χ0) is 11.5. The van der Waals surface area contributed by atoms with Gasteiger partial charge in [-0.1, -0.05) is 0 Å². The molecule has 0 radical (unpaired) electrons. The number of nitrogens with zero attached hydrogens (tertiary/aromatic N) is 1. The first-order valence-corrected chi connectivity index (χ1v) is 6.70. The Bertz CT molecular complexity index is 367. The van der Waals surface area contributed by atoms with Crippen LogP contribution in [0.15, 0.2) is 18.2 Å². The summed E-state index contributed by atoms with van der Waals surface area (Å²) in [5.74, 6) is 0.753. The molecule has 16 heavy (non-hydrogen) atoms. The summed E-state index contributed by atoms with van der Waals surface area (Å²) in [7, 11) is 2.18.